The zero-order chi connectivity index (χ0) is 10.8. The summed E-state index contributed by atoms with van der Waals surface area (Å²) in [6.45, 7) is 2.86. The molecule has 0 aliphatic carbocycles. The van der Waals surface area contributed by atoms with E-state index in [1.165, 1.54) is 11.3 Å². The number of carbonyl (C=O) groups is 1. The van der Waals surface area contributed by atoms with E-state index < -0.39 is 0 Å². The summed E-state index contributed by atoms with van der Waals surface area (Å²) in [6.07, 6.45) is 2.02. The van der Waals surface area contributed by atoms with Gasteiger partial charge in [-0.05, 0) is 31.2 Å². The van der Waals surface area contributed by atoms with Crippen molar-refractivity contribution in [3.63, 3.8) is 0 Å². The number of carbonyl (C=O) groups excluding carboxylic acids is 1. The van der Waals surface area contributed by atoms with Gasteiger partial charge in [-0.1, -0.05) is 6.07 Å². The highest BCUT2D eigenvalue weighted by Gasteiger charge is 2.30. The van der Waals surface area contributed by atoms with Gasteiger partial charge in [-0.15, -0.1) is 22.9 Å². The Morgan fingerprint density at radius 2 is 2.47 bits per heavy atom. The van der Waals surface area contributed by atoms with E-state index in [1.807, 2.05) is 29.3 Å². The van der Waals surface area contributed by atoms with E-state index in [2.05, 4.69) is 0 Å². The molecule has 1 amide bonds. The van der Waals surface area contributed by atoms with Crippen LogP contribution in [0.2, 0.25) is 0 Å². The second-order valence-corrected chi connectivity index (χ2v) is 5.38. The normalized spacial score (nSPS) is 26.7. The van der Waals surface area contributed by atoms with Crippen LogP contribution in [0.4, 0.5) is 0 Å². The third-order valence-electron chi connectivity index (χ3n) is 2.89. The number of thiophene rings is 1. The summed E-state index contributed by atoms with van der Waals surface area (Å²) in [6, 6.07) is 3.93. The topological polar surface area (TPSA) is 20.3 Å². The first-order chi connectivity index (χ1) is 7.20. The van der Waals surface area contributed by atoms with Gasteiger partial charge < -0.3 is 4.90 Å². The van der Waals surface area contributed by atoms with E-state index in [0.717, 1.165) is 24.3 Å². The maximum Gasteiger partial charge on any atom is 0.264 e. The molecule has 82 valence electrons. The zero-order valence-corrected chi connectivity index (χ0v) is 10.2. The lowest BCUT2D eigenvalue weighted by atomic mass is 10.0. The Bertz CT molecular complexity index is 338. The number of likely N-dealkylation sites (tertiary alicyclic amines) is 1. The van der Waals surface area contributed by atoms with Crippen molar-refractivity contribution in [1.82, 2.24) is 4.90 Å². The highest BCUT2D eigenvalue weighted by Crippen LogP contribution is 2.24. The van der Waals surface area contributed by atoms with Gasteiger partial charge >= 0.3 is 0 Å². The van der Waals surface area contributed by atoms with Crippen molar-refractivity contribution in [2.24, 2.45) is 0 Å². The number of hydrogen-bond donors (Lipinski definition) is 0. The fraction of sp³-hybridized carbons (Fsp3) is 0.545. The Morgan fingerprint density at radius 3 is 3.13 bits per heavy atom. The van der Waals surface area contributed by atoms with Gasteiger partial charge in [0, 0.05) is 12.6 Å². The number of nitrogens with zero attached hydrogens (tertiary/aromatic N) is 1. The lowest BCUT2D eigenvalue weighted by molar-refractivity contribution is 0.0646. The molecule has 4 heteroatoms. The average molecular weight is 244 g/mol. The largest absolute Gasteiger partial charge is 0.334 e. The highest BCUT2D eigenvalue weighted by molar-refractivity contribution is 7.12. The van der Waals surface area contributed by atoms with Crippen molar-refractivity contribution >= 4 is 28.8 Å². The van der Waals surface area contributed by atoms with Gasteiger partial charge in [0.2, 0.25) is 0 Å². The Kier molecular flexibility index (Phi) is 3.32. The Morgan fingerprint density at radius 1 is 1.67 bits per heavy atom. The minimum Gasteiger partial charge on any atom is -0.334 e. The fourth-order valence-electron chi connectivity index (χ4n) is 1.93. The third kappa shape index (κ3) is 2.18. The van der Waals surface area contributed by atoms with E-state index >= 15 is 0 Å². The summed E-state index contributed by atoms with van der Waals surface area (Å²) in [5.74, 6) is 0.128. The van der Waals surface area contributed by atoms with Crippen LogP contribution in [0, 0.1) is 0 Å². The fourth-order valence-corrected chi connectivity index (χ4v) is 2.89. The van der Waals surface area contributed by atoms with Gasteiger partial charge in [-0.25, -0.2) is 0 Å². The molecular formula is C11H14ClNOS. The van der Waals surface area contributed by atoms with Crippen LogP contribution in [0.1, 0.15) is 29.4 Å². The van der Waals surface area contributed by atoms with Crippen LogP contribution >= 0.6 is 22.9 Å². The number of halogens is 1. The van der Waals surface area contributed by atoms with Crippen LogP contribution in [0.5, 0.6) is 0 Å². The summed E-state index contributed by atoms with van der Waals surface area (Å²) in [4.78, 5) is 14.8. The molecule has 0 spiro atoms. The molecular weight excluding hydrogens is 230 g/mol. The predicted molar refractivity (Wildman–Crippen MR) is 63.7 cm³/mol. The van der Waals surface area contributed by atoms with Crippen molar-refractivity contribution in [3.8, 4) is 0 Å². The number of amides is 1. The molecule has 1 aromatic rings. The van der Waals surface area contributed by atoms with E-state index in [9.17, 15) is 4.79 Å². The summed E-state index contributed by atoms with van der Waals surface area (Å²) < 4.78 is 0. The molecule has 2 unspecified atom stereocenters. The van der Waals surface area contributed by atoms with Gasteiger partial charge in [-0.2, -0.15) is 0 Å². The van der Waals surface area contributed by atoms with Crippen molar-refractivity contribution < 1.29 is 4.79 Å². The molecule has 0 bridgehead atoms. The van der Waals surface area contributed by atoms with E-state index in [4.69, 9.17) is 11.6 Å². The summed E-state index contributed by atoms with van der Waals surface area (Å²) >= 11 is 7.67. The number of rotatable bonds is 1. The Balaban J connectivity index is 2.13. The third-order valence-corrected chi connectivity index (χ3v) is 4.33. The molecule has 2 rings (SSSR count). The molecule has 1 aromatic heterocycles. The van der Waals surface area contributed by atoms with Crippen molar-refractivity contribution in [2.75, 3.05) is 6.54 Å². The molecule has 0 N–H and O–H groups in total. The quantitative estimate of drug-likeness (QED) is 0.695. The first-order valence-corrected chi connectivity index (χ1v) is 6.50. The van der Waals surface area contributed by atoms with Gasteiger partial charge in [-0.3, -0.25) is 4.79 Å². The van der Waals surface area contributed by atoms with Crippen molar-refractivity contribution in [3.05, 3.63) is 22.4 Å². The Labute approximate surface area is 98.8 Å². The van der Waals surface area contributed by atoms with Crippen LogP contribution in [0.25, 0.3) is 0 Å². The molecule has 1 fully saturated rings. The molecule has 0 aromatic carbocycles. The molecule has 0 radical (unpaired) electrons. The zero-order valence-electron chi connectivity index (χ0n) is 8.65. The minimum atomic E-state index is 0.0997. The van der Waals surface area contributed by atoms with Crippen LogP contribution in [0.15, 0.2) is 17.5 Å². The first-order valence-electron chi connectivity index (χ1n) is 5.18. The maximum absolute atomic E-state index is 12.1. The van der Waals surface area contributed by atoms with Gasteiger partial charge in [0.25, 0.3) is 5.91 Å². The SMILES string of the molecule is CC1C(Cl)CCCN1C(=O)c1cccs1. The lowest BCUT2D eigenvalue weighted by Gasteiger charge is -2.36. The van der Waals surface area contributed by atoms with Gasteiger partial charge in [0.1, 0.15) is 0 Å². The average Bonchev–Trinajstić information content (AvgIpc) is 2.74. The highest BCUT2D eigenvalue weighted by atomic mass is 35.5. The van der Waals surface area contributed by atoms with Crippen molar-refractivity contribution in [2.45, 2.75) is 31.2 Å². The van der Waals surface area contributed by atoms with Gasteiger partial charge in [0.05, 0.1) is 10.3 Å². The monoisotopic (exact) mass is 243 g/mol. The molecule has 2 heterocycles. The van der Waals surface area contributed by atoms with E-state index in [1.54, 1.807) is 0 Å². The lowest BCUT2D eigenvalue weighted by Crippen LogP contribution is -2.47. The molecule has 1 aliphatic heterocycles. The molecule has 2 atom stereocenters. The predicted octanol–water partition coefficient (Wildman–Crippen LogP) is 2.98. The van der Waals surface area contributed by atoms with Gasteiger partial charge in [0.15, 0.2) is 0 Å². The second kappa shape index (κ2) is 4.54. The summed E-state index contributed by atoms with van der Waals surface area (Å²) in [5.41, 5.74) is 0. The number of alkyl halides is 1. The molecule has 0 saturated carbocycles. The first kappa shape index (κ1) is 11.0. The smallest absolute Gasteiger partial charge is 0.264 e. The number of hydrogen-bond acceptors (Lipinski definition) is 2. The summed E-state index contributed by atoms with van der Waals surface area (Å²) in [7, 11) is 0. The van der Waals surface area contributed by atoms with Crippen LogP contribution in [-0.2, 0) is 0 Å². The standard InChI is InChI=1S/C11H14ClNOS/c1-8-9(12)4-2-6-13(8)11(14)10-5-3-7-15-10/h3,5,7-9H,2,4,6H2,1H3. The molecule has 1 aliphatic rings. The maximum atomic E-state index is 12.1. The van der Waals surface area contributed by atoms with E-state index in [0.29, 0.717) is 0 Å². The molecule has 1 saturated heterocycles. The molecule has 2 nitrogen and oxygen atoms in total. The van der Waals surface area contributed by atoms with Crippen LogP contribution < -0.4 is 0 Å². The summed E-state index contributed by atoms with van der Waals surface area (Å²) in [5, 5.41) is 2.03. The van der Waals surface area contributed by atoms with Crippen LogP contribution in [0.3, 0.4) is 0 Å². The van der Waals surface area contributed by atoms with Crippen molar-refractivity contribution in [1.29, 1.82) is 0 Å². The number of piperidine rings is 1. The minimum absolute atomic E-state index is 0.0997. The second-order valence-electron chi connectivity index (χ2n) is 3.87. The Hall–Kier alpha value is -0.540. The van der Waals surface area contributed by atoms with Crippen LogP contribution in [-0.4, -0.2) is 28.8 Å². The van der Waals surface area contributed by atoms with E-state index in [-0.39, 0.29) is 17.3 Å². The molecule has 15 heavy (non-hydrogen) atoms.